The summed E-state index contributed by atoms with van der Waals surface area (Å²) in [5.41, 5.74) is 9.38. The molecule has 3 aromatic rings. The predicted molar refractivity (Wildman–Crippen MR) is 137 cm³/mol. The number of pyridine rings is 1. The second kappa shape index (κ2) is 9.93. The van der Waals surface area contributed by atoms with Gasteiger partial charge in [-0.05, 0) is 51.1 Å². The lowest BCUT2D eigenvalue weighted by molar-refractivity contribution is -0.00570. The maximum Gasteiger partial charge on any atom is 0.229 e. The summed E-state index contributed by atoms with van der Waals surface area (Å²) in [5, 5.41) is 0.938. The standard InChI is InChI=1S/C26H34N6O3/c1-16-15-34-10-9-32(16)25-21-6-7-22(19-5-8-23(33-4)20(11-19)12-27)28-24(21)29-26(30-25)31-13-17(2)35-18(3)14-31/h5-8,11,16-18H,9-10,12-15,27H2,1-4H3/t16-,17-,18+/m0/s1. The van der Waals surface area contributed by atoms with Crippen molar-refractivity contribution in [1.82, 2.24) is 15.0 Å². The molecule has 9 nitrogen and oxygen atoms in total. The van der Waals surface area contributed by atoms with E-state index < -0.39 is 0 Å². The van der Waals surface area contributed by atoms with Gasteiger partial charge in [-0.25, -0.2) is 4.98 Å². The molecule has 0 spiro atoms. The first-order valence-electron chi connectivity index (χ1n) is 12.3. The monoisotopic (exact) mass is 478 g/mol. The zero-order chi connectivity index (χ0) is 24.5. The maximum atomic E-state index is 5.95. The van der Waals surface area contributed by atoms with E-state index in [0.29, 0.717) is 31.4 Å². The molecule has 2 N–H and O–H groups in total. The van der Waals surface area contributed by atoms with Gasteiger partial charge in [0, 0.05) is 37.3 Å². The van der Waals surface area contributed by atoms with Crippen molar-refractivity contribution >= 4 is 22.8 Å². The summed E-state index contributed by atoms with van der Waals surface area (Å²) < 4.78 is 17.1. The van der Waals surface area contributed by atoms with E-state index in [0.717, 1.165) is 53.4 Å². The van der Waals surface area contributed by atoms with E-state index in [9.17, 15) is 0 Å². The van der Waals surface area contributed by atoms with Gasteiger partial charge in [-0.1, -0.05) is 0 Å². The van der Waals surface area contributed by atoms with Crippen LogP contribution in [-0.4, -0.2) is 73.2 Å². The van der Waals surface area contributed by atoms with E-state index in [1.165, 1.54) is 0 Å². The Hall–Kier alpha value is -3.01. The van der Waals surface area contributed by atoms with Crippen LogP contribution in [0.1, 0.15) is 26.3 Å². The van der Waals surface area contributed by atoms with Crippen LogP contribution in [0.5, 0.6) is 5.75 Å². The quantitative estimate of drug-likeness (QED) is 0.593. The molecule has 35 heavy (non-hydrogen) atoms. The first kappa shape index (κ1) is 23.7. The molecule has 2 saturated heterocycles. The number of anilines is 2. The molecular weight excluding hydrogens is 444 g/mol. The van der Waals surface area contributed by atoms with Crippen LogP contribution in [0, 0.1) is 0 Å². The van der Waals surface area contributed by atoms with Crippen molar-refractivity contribution < 1.29 is 14.2 Å². The highest BCUT2D eigenvalue weighted by Crippen LogP contribution is 2.32. The molecule has 2 aliphatic heterocycles. The van der Waals surface area contributed by atoms with Gasteiger partial charge in [-0.3, -0.25) is 0 Å². The lowest BCUT2D eigenvalue weighted by atomic mass is 10.1. The van der Waals surface area contributed by atoms with Crippen LogP contribution >= 0.6 is 0 Å². The van der Waals surface area contributed by atoms with E-state index in [-0.39, 0.29) is 18.2 Å². The summed E-state index contributed by atoms with van der Waals surface area (Å²) >= 11 is 0. The Labute approximate surface area is 206 Å². The molecule has 3 atom stereocenters. The van der Waals surface area contributed by atoms with Gasteiger partial charge in [-0.15, -0.1) is 0 Å². The minimum Gasteiger partial charge on any atom is -0.496 e. The van der Waals surface area contributed by atoms with Gasteiger partial charge in [0.25, 0.3) is 0 Å². The fourth-order valence-electron chi connectivity index (χ4n) is 4.98. The van der Waals surface area contributed by atoms with Gasteiger partial charge in [0.2, 0.25) is 5.95 Å². The Morgan fingerprint density at radius 1 is 1.06 bits per heavy atom. The fraction of sp³-hybridized carbons (Fsp3) is 0.500. The molecule has 5 rings (SSSR count). The van der Waals surface area contributed by atoms with Crippen molar-refractivity contribution in [1.29, 1.82) is 0 Å². The summed E-state index contributed by atoms with van der Waals surface area (Å²) in [7, 11) is 1.66. The molecule has 0 radical (unpaired) electrons. The summed E-state index contributed by atoms with van der Waals surface area (Å²) in [6, 6.07) is 10.3. The molecule has 4 heterocycles. The largest absolute Gasteiger partial charge is 0.496 e. The summed E-state index contributed by atoms with van der Waals surface area (Å²) in [6.45, 7) is 10.3. The number of rotatable bonds is 5. The van der Waals surface area contributed by atoms with Gasteiger partial charge >= 0.3 is 0 Å². The number of hydrogen-bond acceptors (Lipinski definition) is 9. The Kier molecular flexibility index (Phi) is 6.73. The Bertz CT molecular complexity index is 1200. The number of methoxy groups -OCH3 is 1. The van der Waals surface area contributed by atoms with Crippen LogP contribution in [0.25, 0.3) is 22.3 Å². The van der Waals surface area contributed by atoms with Gasteiger partial charge in [0.05, 0.1) is 49.7 Å². The number of nitrogens with two attached hydrogens (primary N) is 1. The highest BCUT2D eigenvalue weighted by Gasteiger charge is 2.28. The van der Waals surface area contributed by atoms with Crippen molar-refractivity contribution in [3.05, 3.63) is 35.9 Å². The van der Waals surface area contributed by atoms with Crippen molar-refractivity contribution in [3.8, 4) is 17.0 Å². The smallest absolute Gasteiger partial charge is 0.229 e. The van der Waals surface area contributed by atoms with E-state index in [2.05, 4.69) is 36.6 Å². The Morgan fingerprint density at radius 3 is 2.57 bits per heavy atom. The number of benzene rings is 1. The van der Waals surface area contributed by atoms with Gasteiger partial charge < -0.3 is 29.7 Å². The molecule has 2 aromatic heterocycles. The summed E-state index contributed by atoms with van der Waals surface area (Å²) in [6.07, 6.45) is 0.217. The molecule has 0 saturated carbocycles. The van der Waals surface area contributed by atoms with Crippen LogP contribution in [0.2, 0.25) is 0 Å². The number of nitrogens with zero attached hydrogens (tertiary/aromatic N) is 5. The lowest BCUT2D eigenvalue weighted by Gasteiger charge is -2.37. The third-order valence-corrected chi connectivity index (χ3v) is 6.67. The predicted octanol–water partition coefficient (Wildman–Crippen LogP) is 3.00. The van der Waals surface area contributed by atoms with Gasteiger partial charge in [0.15, 0.2) is 5.65 Å². The topological polar surface area (TPSA) is 98.9 Å². The van der Waals surface area contributed by atoms with Crippen LogP contribution in [0.3, 0.4) is 0 Å². The van der Waals surface area contributed by atoms with Crippen LogP contribution in [-0.2, 0) is 16.0 Å². The van der Waals surface area contributed by atoms with Crippen LogP contribution in [0.4, 0.5) is 11.8 Å². The minimum atomic E-state index is 0.108. The fourth-order valence-corrected chi connectivity index (χ4v) is 4.98. The molecule has 0 aliphatic carbocycles. The van der Waals surface area contributed by atoms with Crippen molar-refractivity contribution in [2.24, 2.45) is 5.73 Å². The molecule has 186 valence electrons. The van der Waals surface area contributed by atoms with Gasteiger partial charge in [-0.2, -0.15) is 9.97 Å². The normalized spacial score (nSPS) is 23.1. The molecule has 0 unspecified atom stereocenters. The third kappa shape index (κ3) is 4.76. The zero-order valence-electron chi connectivity index (χ0n) is 20.9. The average molecular weight is 479 g/mol. The second-order valence-corrected chi connectivity index (χ2v) is 9.43. The van der Waals surface area contributed by atoms with E-state index in [1.807, 2.05) is 24.3 Å². The SMILES string of the molecule is COc1ccc(-c2ccc3c(N4CCOC[C@@H]4C)nc(N4C[C@@H](C)O[C@@H](C)C4)nc3n2)cc1CN. The molecule has 2 aliphatic rings. The molecular formula is C26H34N6O3. The van der Waals surface area contributed by atoms with Crippen molar-refractivity contribution in [2.75, 3.05) is 49.8 Å². The first-order valence-corrected chi connectivity index (χ1v) is 12.3. The minimum absolute atomic E-state index is 0.108. The highest BCUT2D eigenvalue weighted by atomic mass is 16.5. The highest BCUT2D eigenvalue weighted by molar-refractivity contribution is 5.90. The van der Waals surface area contributed by atoms with Gasteiger partial charge in [0.1, 0.15) is 11.6 Å². The van der Waals surface area contributed by atoms with Crippen LogP contribution < -0.4 is 20.3 Å². The lowest BCUT2D eigenvalue weighted by Crippen LogP contribution is -2.47. The Morgan fingerprint density at radius 2 is 1.86 bits per heavy atom. The second-order valence-electron chi connectivity index (χ2n) is 9.43. The van der Waals surface area contributed by atoms with E-state index in [1.54, 1.807) is 7.11 Å². The number of fused-ring (bicyclic) bond motifs is 1. The number of hydrogen-bond donors (Lipinski definition) is 1. The number of ether oxygens (including phenoxy) is 3. The molecule has 9 heteroatoms. The van der Waals surface area contributed by atoms with Crippen molar-refractivity contribution in [3.63, 3.8) is 0 Å². The van der Waals surface area contributed by atoms with E-state index >= 15 is 0 Å². The average Bonchev–Trinajstić information content (AvgIpc) is 2.87. The zero-order valence-corrected chi connectivity index (χ0v) is 20.9. The summed E-state index contributed by atoms with van der Waals surface area (Å²) in [5.74, 6) is 2.38. The molecule has 1 aromatic carbocycles. The van der Waals surface area contributed by atoms with Crippen molar-refractivity contribution in [2.45, 2.75) is 45.6 Å². The molecule has 2 fully saturated rings. The maximum absolute atomic E-state index is 5.95. The van der Waals surface area contributed by atoms with E-state index in [4.69, 9.17) is 34.9 Å². The molecule has 0 bridgehead atoms. The summed E-state index contributed by atoms with van der Waals surface area (Å²) in [4.78, 5) is 19.6. The third-order valence-electron chi connectivity index (χ3n) is 6.67. The Balaban J connectivity index is 1.63. The number of morpholine rings is 2. The molecule has 0 amide bonds. The van der Waals surface area contributed by atoms with Crippen LogP contribution in [0.15, 0.2) is 30.3 Å². The first-order chi connectivity index (χ1) is 17.0. The number of aromatic nitrogens is 3.